The first-order valence-corrected chi connectivity index (χ1v) is 19.8. The molecule has 2 heterocycles. The van der Waals surface area contributed by atoms with Gasteiger partial charge in [0.2, 0.25) is 0 Å². The molecule has 0 aliphatic heterocycles. The Labute approximate surface area is 333 Å². The monoisotopic (exact) mass is 735 g/mol. The second kappa shape index (κ2) is 12.3. The molecule has 2 aliphatic carbocycles. The molecule has 0 unspecified atom stereocenters. The number of aromatic nitrogens is 1. The molecule has 2 aromatic heterocycles. The predicted molar refractivity (Wildman–Crippen MR) is 236 cm³/mol. The van der Waals surface area contributed by atoms with E-state index in [9.17, 15) is 0 Å². The highest BCUT2D eigenvalue weighted by atomic mass is 16.3. The molecule has 274 valence electrons. The SMILES string of the molecule is CC1(C)c2cc(N(c3ccccc3)c3ccccc3)ccc2-c2c1c1c(c3c2oc2ccncc23)-c2ccc(N(c3ccccc3)c3ccccc3)cc2C1(C)C. The summed E-state index contributed by atoms with van der Waals surface area (Å²) in [6, 6.07) is 58.8. The van der Waals surface area contributed by atoms with Gasteiger partial charge < -0.3 is 14.2 Å². The van der Waals surface area contributed by atoms with E-state index in [1.165, 1.54) is 44.5 Å². The Bertz CT molecular complexity index is 2920. The predicted octanol–water partition coefficient (Wildman–Crippen LogP) is 14.5. The molecule has 0 atom stereocenters. The van der Waals surface area contributed by atoms with Crippen LogP contribution in [-0.4, -0.2) is 4.98 Å². The molecule has 9 aromatic rings. The van der Waals surface area contributed by atoms with Gasteiger partial charge in [-0.2, -0.15) is 0 Å². The average Bonchev–Trinajstić information content (AvgIpc) is 3.82. The van der Waals surface area contributed by atoms with E-state index in [2.05, 4.69) is 200 Å². The summed E-state index contributed by atoms with van der Waals surface area (Å²) in [5.41, 5.74) is 18.2. The van der Waals surface area contributed by atoms with Gasteiger partial charge in [-0.3, -0.25) is 4.98 Å². The largest absolute Gasteiger partial charge is 0.455 e. The van der Waals surface area contributed by atoms with Crippen molar-refractivity contribution < 1.29 is 4.42 Å². The van der Waals surface area contributed by atoms with E-state index >= 15 is 0 Å². The lowest BCUT2D eigenvalue weighted by Crippen LogP contribution is -2.24. The van der Waals surface area contributed by atoms with Crippen LogP contribution in [0.2, 0.25) is 0 Å². The second-order valence-corrected chi connectivity index (χ2v) is 16.4. The van der Waals surface area contributed by atoms with Crippen LogP contribution in [0, 0.1) is 0 Å². The summed E-state index contributed by atoms with van der Waals surface area (Å²) in [5, 5.41) is 2.20. The summed E-state index contributed by atoms with van der Waals surface area (Å²) in [4.78, 5) is 9.36. The topological polar surface area (TPSA) is 32.5 Å². The van der Waals surface area contributed by atoms with E-state index in [-0.39, 0.29) is 10.8 Å². The minimum atomic E-state index is -0.336. The maximum Gasteiger partial charge on any atom is 0.144 e. The first kappa shape index (κ1) is 33.4. The third kappa shape index (κ3) is 4.83. The highest BCUT2D eigenvalue weighted by Crippen LogP contribution is 2.64. The number of hydrogen-bond acceptors (Lipinski definition) is 4. The number of pyridine rings is 1. The van der Waals surface area contributed by atoms with Crippen molar-refractivity contribution in [3.63, 3.8) is 0 Å². The Morgan fingerprint density at radius 2 is 0.877 bits per heavy atom. The van der Waals surface area contributed by atoms with Gasteiger partial charge in [0.1, 0.15) is 11.2 Å². The zero-order valence-electron chi connectivity index (χ0n) is 32.5. The summed E-state index contributed by atoms with van der Waals surface area (Å²) >= 11 is 0. The Morgan fingerprint density at radius 1 is 0.456 bits per heavy atom. The molecule has 0 saturated carbocycles. The quantitative estimate of drug-likeness (QED) is 0.170. The highest BCUT2D eigenvalue weighted by Gasteiger charge is 2.49. The van der Waals surface area contributed by atoms with E-state index in [0.29, 0.717) is 0 Å². The van der Waals surface area contributed by atoms with Gasteiger partial charge in [-0.25, -0.2) is 0 Å². The fourth-order valence-corrected chi connectivity index (χ4v) is 9.92. The molecular formula is C53H41N3O. The molecule has 57 heavy (non-hydrogen) atoms. The van der Waals surface area contributed by atoms with Crippen LogP contribution in [0.25, 0.3) is 44.2 Å². The van der Waals surface area contributed by atoms with Crippen LogP contribution < -0.4 is 9.80 Å². The van der Waals surface area contributed by atoms with Gasteiger partial charge in [-0.1, -0.05) is 113 Å². The molecule has 0 fully saturated rings. The maximum absolute atomic E-state index is 6.99. The van der Waals surface area contributed by atoms with Crippen LogP contribution in [0.1, 0.15) is 49.9 Å². The minimum absolute atomic E-state index is 0.327. The van der Waals surface area contributed by atoms with Crippen molar-refractivity contribution in [1.82, 2.24) is 4.98 Å². The molecule has 11 rings (SSSR count). The Balaban J connectivity index is 1.16. The molecule has 2 aliphatic rings. The first-order valence-electron chi connectivity index (χ1n) is 19.8. The van der Waals surface area contributed by atoms with Gasteiger partial charge in [0, 0.05) is 73.7 Å². The molecule has 0 radical (unpaired) electrons. The van der Waals surface area contributed by atoms with E-state index in [1.54, 1.807) is 0 Å². The lowest BCUT2D eigenvalue weighted by molar-refractivity contribution is 0.600. The van der Waals surface area contributed by atoms with Gasteiger partial charge in [0.15, 0.2) is 0 Å². The van der Waals surface area contributed by atoms with E-state index in [4.69, 9.17) is 4.42 Å². The molecule has 0 spiro atoms. The minimum Gasteiger partial charge on any atom is -0.455 e. The fourth-order valence-electron chi connectivity index (χ4n) is 9.92. The first-order chi connectivity index (χ1) is 27.8. The van der Waals surface area contributed by atoms with Crippen molar-refractivity contribution in [1.29, 1.82) is 0 Å². The molecule has 4 nitrogen and oxygen atoms in total. The van der Waals surface area contributed by atoms with Crippen LogP contribution in [-0.2, 0) is 10.8 Å². The lowest BCUT2D eigenvalue weighted by atomic mass is 9.72. The van der Waals surface area contributed by atoms with Gasteiger partial charge in [-0.05, 0) is 118 Å². The Kier molecular flexibility index (Phi) is 7.21. The van der Waals surface area contributed by atoms with Crippen LogP contribution in [0.4, 0.5) is 34.1 Å². The number of benzene rings is 7. The van der Waals surface area contributed by atoms with Crippen molar-refractivity contribution in [2.75, 3.05) is 9.80 Å². The second-order valence-electron chi connectivity index (χ2n) is 16.4. The van der Waals surface area contributed by atoms with Crippen molar-refractivity contribution in [2.24, 2.45) is 0 Å². The average molecular weight is 736 g/mol. The molecule has 0 saturated heterocycles. The number of nitrogens with zero attached hydrogens (tertiary/aromatic N) is 3. The lowest BCUT2D eigenvalue weighted by Gasteiger charge is -2.32. The zero-order valence-corrected chi connectivity index (χ0v) is 32.5. The number of furan rings is 1. The van der Waals surface area contributed by atoms with Gasteiger partial charge in [0.05, 0.1) is 0 Å². The zero-order chi connectivity index (χ0) is 38.5. The molecule has 7 aromatic carbocycles. The fraction of sp³-hybridized carbons (Fsp3) is 0.113. The summed E-state index contributed by atoms with van der Waals surface area (Å²) in [5.74, 6) is 0. The maximum atomic E-state index is 6.99. The van der Waals surface area contributed by atoms with Crippen molar-refractivity contribution in [3.8, 4) is 22.3 Å². The van der Waals surface area contributed by atoms with E-state index < -0.39 is 0 Å². The van der Waals surface area contributed by atoms with Crippen molar-refractivity contribution in [3.05, 3.63) is 198 Å². The third-order valence-electron chi connectivity index (χ3n) is 12.4. The normalized spacial score (nSPS) is 14.2. The smallest absolute Gasteiger partial charge is 0.144 e. The van der Waals surface area contributed by atoms with Gasteiger partial charge in [0.25, 0.3) is 0 Å². The summed E-state index contributed by atoms with van der Waals surface area (Å²) in [6.45, 7) is 9.65. The standard InChI is InChI=1S/C53H41N3O/c1-52(2)43-31-38(55(34-17-9-5-10-18-34)35-19-11-6-12-20-35)25-27-40(43)46-47-42-33-54-30-29-45(42)57-51(47)48-41-28-26-39(32-44(41)53(3,4)50(48)49(46)52)56(36-21-13-7-14-22-36)37-23-15-8-16-24-37/h5-33H,1-4H3. The molecule has 4 heteroatoms. The molecular weight excluding hydrogens is 695 g/mol. The van der Waals surface area contributed by atoms with Crippen molar-refractivity contribution >= 4 is 56.1 Å². The van der Waals surface area contributed by atoms with Crippen LogP contribution in [0.3, 0.4) is 0 Å². The number of anilines is 6. The summed E-state index contributed by atoms with van der Waals surface area (Å²) in [6.07, 6.45) is 3.82. The van der Waals surface area contributed by atoms with Crippen LogP contribution in [0.15, 0.2) is 181 Å². The van der Waals surface area contributed by atoms with Gasteiger partial charge >= 0.3 is 0 Å². The van der Waals surface area contributed by atoms with Crippen molar-refractivity contribution in [2.45, 2.75) is 38.5 Å². The van der Waals surface area contributed by atoms with Crippen LogP contribution in [0.5, 0.6) is 0 Å². The number of fused-ring (bicyclic) bond motifs is 12. The van der Waals surface area contributed by atoms with Gasteiger partial charge in [-0.15, -0.1) is 0 Å². The van der Waals surface area contributed by atoms with E-state index in [1.807, 2.05) is 18.5 Å². The van der Waals surface area contributed by atoms with E-state index in [0.717, 1.165) is 56.1 Å². The third-order valence-corrected chi connectivity index (χ3v) is 12.4. The Morgan fingerprint density at radius 3 is 1.33 bits per heavy atom. The van der Waals surface area contributed by atoms with Crippen LogP contribution >= 0.6 is 0 Å². The number of para-hydroxylation sites is 4. The number of rotatable bonds is 6. The highest BCUT2D eigenvalue weighted by molar-refractivity contribution is 6.20. The Hall–Kier alpha value is -6.91. The molecule has 0 amide bonds. The number of hydrogen-bond donors (Lipinski definition) is 0. The summed E-state index contributed by atoms with van der Waals surface area (Å²) in [7, 11) is 0. The summed E-state index contributed by atoms with van der Waals surface area (Å²) < 4.78 is 6.99. The molecule has 0 bridgehead atoms. The molecule has 0 N–H and O–H groups in total.